The molecular formula is C24H31NO4S. The number of fused-ring (bicyclic) bond motifs is 3. The zero-order valence-corrected chi connectivity index (χ0v) is 19.0. The van der Waals surface area contributed by atoms with Crippen LogP contribution in [0, 0.1) is 30.7 Å². The van der Waals surface area contributed by atoms with Crippen molar-refractivity contribution in [1.82, 2.24) is 4.72 Å². The lowest BCUT2D eigenvalue weighted by Gasteiger charge is -2.47. The van der Waals surface area contributed by atoms with Crippen LogP contribution < -0.4 is 9.46 Å². The van der Waals surface area contributed by atoms with Crippen molar-refractivity contribution in [2.75, 3.05) is 5.75 Å². The molecule has 0 saturated carbocycles. The van der Waals surface area contributed by atoms with Crippen molar-refractivity contribution in [3.05, 3.63) is 47.9 Å². The number of phenols is 1. The highest BCUT2D eigenvalue weighted by molar-refractivity contribution is 7.89. The van der Waals surface area contributed by atoms with Crippen molar-refractivity contribution < 1.29 is 18.3 Å². The number of rotatable bonds is 6. The lowest BCUT2D eigenvalue weighted by molar-refractivity contribution is 0.00757. The molecule has 0 amide bonds. The van der Waals surface area contributed by atoms with Crippen molar-refractivity contribution in [2.45, 2.75) is 64.9 Å². The number of hydrogen-bond donors (Lipinski definition) is 2. The summed E-state index contributed by atoms with van der Waals surface area (Å²) in [5, 5.41) is 10.8. The molecule has 1 aliphatic carbocycles. The van der Waals surface area contributed by atoms with Gasteiger partial charge >= 0.3 is 0 Å². The predicted molar refractivity (Wildman–Crippen MR) is 119 cm³/mol. The smallest absolute Gasteiger partial charge is 0.211 e. The van der Waals surface area contributed by atoms with Crippen LogP contribution in [0.1, 0.15) is 70.4 Å². The molecule has 6 heteroatoms. The number of benzene rings is 1. The predicted octanol–water partition coefficient (Wildman–Crippen LogP) is 4.44. The maximum atomic E-state index is 11.4. The van der Waals surface area contributed by atoms with Crippen LogP contribution in [0.15, 0.2) is 23.8 Å². The first-order valence-corrected chi connectivity index (χ1v) is 12.1. The largest absolute Gasteiger partial charge is 0.508 e. The van der Waals surface area contributed by atoms with Crippen LogP contribution in [0.3, 0.4) is 0 Å². The number of allylic oxidation sites excluding steroid dienone is 2. The summed E-state index contributed by atoms with van der Waals surface area (Å²) in [5.74, 6) is 7.66. The van der Waals surface area contributed by atoms with E-state index in [1.807, 2.05) is 6.07 Å². The van der Waals surface area contributed by atoms with Gasteiger partial charge < -0.3 is 9.84 Å². The third kappa shape index (κ3) is 5.19. The molecule has 0 fully saturated rings. The number of unbranched alkanes of at least 4 members (excludes halogenated alkanes) is 1. The Hall–Kier alpha value is -1.97. The summed E-state index contributed by atoms with van der Waals surface area (Å²) in [6.07, 6.45) is 7.02. The van der Waals surface area contributed by atoms with Crippen LogP contribution in [-0.4, -0.2) is 24.9 Å². The summed E-state index contributed by atoms with van der Waals surface area (Å²) < 4.78 is 31.4. The van der Waals surface area contributed by atoms with E-state index < -0.39 is 10.0 Å². The standard InChI is InChI=1S/C24H31NO4S/c1-5-30(27,28)25-13-9-7-6-8-10-18-15-21(26)23-19-14-17(2)11-12-20(19)24(3,4)29-22(23)16-18/h10-11,13,15-16,19-20,25-26H,5,7,9,12,14H2,1-4H3. The fraction of sp³-hybridized carbons (Fsp3) is 0.500. The molecule has 2 aliphatic rings. The number of sulfonamides is 1. The van der Waals surface area contributed by atoms with Crippen LogP contribution in [0.5, 0.6) is 11.5 Å². The van der Waals surface area contributed by atoms with E-state index in [2.05, 4.69) is 43.4 Å². The SMILES string of the molecule is CCS(=O)(=O)N[CH]CCC#C[CH]c1cc(O)c2c(c1)OC(C)(C)C1CC=C(C)CC21. The molecule has 2 unspecified atom stereocenters. The maximum Gasteiger partial charge on any atom is 0.211 e. The van der Waals surface area contributed by atoms with Gasteiger partial charge in [-0.1, -0.05) is 17.6 Å². The van der Waals surface area contributed by atoms with Gasteiger partial charge in [0, 0.05) is 30.4 Å². The molecule has 0 spiro atoms. The van der Waals surface area contributed by atoms with Gasteiger partial charge in [0.05, 0.1) is 12.2 Å². The summed E-state index contributed by atoms with van der Waals surface area (Å²) in [6.45, 7) is 9.51. The lowest BCUT2D eigenvalue weighted by atomic mass is 9.67. The van der Waals surface area contributed by atoms with Crippen molar-refractivity contribution in [3.8, 4) is 23.3 Å². The van der Waals surface area contributed by atoms with Gasteiger partial charge in [0.25, 0.3) is 0 Å². The van der Waals surface area contributed by atoms with Crippen molar-refractivity contribution in [2.24, 2.45) is 5.92 Å². The molecule has 5 nitrogen and oxygen atoms in total. The molecular weight excluding hydrogens is 398 g/mol. The molecule has 30 heavy (non-hydrogen) atoms. The summed E-state index contributed by atoms with van der Waals surface area (Å²) in [4.78, 5) is 0. The van der Waals surface area contributed by atoms with Crippen LogP contribution in [-0.2, 0) is 10.0 Å². The fourth-order valence-corrected chi connectivity index (χ4v) is 4.83. The zero-order valence-electron chi connectivity index (χ0n) is 18.2. The summed E-state index contributed by atoms with van der Waals surface area (Å²) in [7, 11) is -3.20. The second-order valence-corrected chi connectivity index (χ2v) is 10.6. The third-order valence-electron chi connectivity index (χ3n) is 5.92. The highest BCUT2D eigenvalue weighted by Crippen LogP contribution is 2.54. The topological polar surface area (TPSA) is 75.6 Å². The van der Waals surface area contributed by atoms with Crippen LogP contribution >= 0.6 is 0 Å². The monoisotopic (exact) mass is 429 g/mol. The first kappa shape index (κ1) is 22.7. The molecule has 3 rings (SSSR count). The second kappa shape index (κ2) is 9.03. The summed E-state index contributed by atoms with van der Waals surface area (Å²) in [6, 6.07) is 3.71. The van der Waals surface area contributed by atoms with Gasteiger partial charge in [0.2, 0.25) is 10.0 Å². The molecule has 0 saturated heterocycles. The Balaban J connectivity index is 1.66. The molecule has 1 aromatic rings. The normalized spacial score (nSPS) is 22.1. The Bertz CT molecular complexity index is 982. The molecule has 1 aromatic carbocycles. The average molecular weight is 430 g/mol. The molecule has 0 aromatic heterocycles. The minimum Gasteiger partial charge on any atom is -0.508 e. The first-order chi connectivity index (χ1) is 14.1. The van der Waals surface area contributed by atoms with E-state index in [9.17, 15) is 13.5 Å². The lowest BCUT2D eigenvalue weighted by Crippen LogP contribution is -2.45. The molecule has 0 bridgehead atoms. The van der Waals surface area contributed by atoms with E-state index in [4.69, 9.17) is 4.74 Å². The van der Waals surface area contributed by atoms with Gasteiger partial charge in [-0.05, 0) is 64.7 Å². The minimum absolute atomic E-state index is 0.0567. The number of phenolic OH excluding ortho intramolecular Hbond substituents is 1. The van der Waals surface area contributed by atoms with Crippen molar-refractivity contribution in [3.63, 3.8) is 0 Å². The Morgan fingerprint density at radius 3 is 2.87 bits per heavy atom. The van der Waals surface area contributed by atoms with E-state index in [1.54, 1.807) is 19.4 Å². The Morgan fingerprint density at radius 1 is 1.37 bits per heavy atom. The number of nitrogens with one attached hydrogen (secondary N) is 1. The highest BCUT2D eigenvalue weighted by Gasteiger charge is 2.45. The first-order valence-electron chi connectivity index (χ1n) is 10.5. The van der Waals surface area contributed by atoms with Gasteiger partial charge in [0.15, 0.2) is 0 Å². The van der Waals surface area contributed by atoms with E-state index in [0.29, 0.717) is 18.8 Å². The minimum atomic E-state index is -3.20. The Labute approximate surface area is 181 Å². The van der Waals surface area contributed by atoms with Gasteiger partial charge in [-0.15, -0.1) is 5.92 Å². The van der Waals surface area contributed by atoms with Gasteiger partial charge in [-0.2, -0.15) is 0 Å². The molecule has 1 heterocycles. The summed E-state index contributed by atoms with van der Waals surface area (Å²) >= 11 is 0. The molecule has 162 valence electrons. The zero-order chi connectivity index (χ0) is 21.9. The molecule has 2 radical (unpaired) electrons. The van der Waals surface area contributed by atoms with E-state index in [-0.39, 0.29) is 23.0 Å². The Morgan fingerprint density at radius 2 is 2.13 bits per heavy atom. The van der Waals surface area contributed by atoms with Crippen LogP contribution in [0.25, 0.3) is 0 Å². The van der Waals surface area contributed by atoms with Crippen LogP contribution in [0.4, 0.5) is 0 Å². The average Bonchev–Trinajstić information content (AvgIpc) is 2.66. The number of hydrogen-bond acceptors (Lipinski definition) is 4. The second-order valence-electron chi connectivity index (χ2n) is 8.59. The third-order valence-corrected chi connectivity index (χ3v) is 7.21. The van der Waals surface area contributed by atoms with E-state index >= 15 is 0 Å². The quantitative estimate of drug-likeness (QED) is 0.398. The number of ether oxygens (including phenoxy) is 1. The van der Waals surface area contributed by atoms with Gasteiger partial charge in [-0.25, -0.2) is 13.1 Å². The van der Waals surface area contributed by atoms with Crippen molar-refractivity contribution in [1.29, 1.82) is 0 Å². The molecule has 1 aliphatic heterocycles. The number of aromatic hydroxyl groups is 1. The van der Waals surface area contributed by atoms with Gasteiger partial charge in [-0.3, -0.25) is 0 Å². The van der Waals surface area contributed by atoms with E-state index in [0.717, 1.165) is 29.7 Å². The van der Waals surface area contributed by atoms with Gasteiger partial charge in [0.1, 0.15) is 17.1 Å². The highest BCUT2D eigenvalue weighted by atomic mass is 32.2. The van der Waals surface area contributed by atoms with Crippen LogP contribution in [0.2, 0.25) is 0 Å². The Kier molecular flexibility index (Phi) is 6.84. The maximum absolute atomic E-state index is 11.4. The molecule has 2 N–H and O–H groups in total. The molecule has 2 atom stereocenters. The fourth-order valence-electron chi connectivity index (χ4n) is 4.29. The summed E-state index contributed by atoms with van der Waals surface area (Å²) in [5.41, 5.74) is 2.77. The van der Waals surface area contributed by atoms with E-state index in [1.165, 1.54) is 12.1 Å². The van der Waals surface area contributed by atoms with Crippen molar-refractivity contribution >= 4 is 10.0 Å².